The molecule has 2 aromatic rings. The van der Waals surface area contributed by atoms with Crippen molar-refractivity contribution in [2.45, 2.75) is 46.1 Å². The minimum Gasteiger partial charge on any atom is -0.378 e. The van der Waals surface area contributed by atoms with E-state index in [1.165, 1.54) is 41.0 Å². The zero-order valence-electron chi connectivity index (χ0n) is 12.1. The Kier molecular flexibility index (Phi) is 5.03. The zero-order chi connectivity index (χ0) is 13.7. The molecule has 1 aromatic heterocycles. The first-order valence-corrected chi connectivity index (χ1v) is 7.98. The fraction of sp³-hybridized carbons (Fsp3) is 0.412. The maximum atomic E-state index is 3.58. The molecule has 1 heterocycles. The van der Waals surface area contributed by atoms with Crippen molar-refractivity contribution in [1.29, 1.82) is 0 Å². The van der Waals surface area contributed by atoms with Crippen LogP contribution in [0.25, 0.3) is 0 Å². The van der Waals surface area contributed by atoms with E-state index in [-0.39, 0.29) is 0 Å². The van der Waals surface area contributed by atoms with E-state index in [0.717, 1.165) is 0 Å². The molecule has 0 spiro atoms. The Morgan fingerprint density at radius 1 is 1.16 bits per heavy atom. The number of aryl methyl sites for hydroxylation is 2. The molecule has 1 unspecified atom stereocenters. The molecule has 0 aliphatic heterocycles. The summed E-state index contributed by atoms with van der Waals surface area (Å²) in [6.07, 6.45) is 3.72. The summed E-state index contributed by atoms with van der Waals surface area (Å²) in [6.45, 7) is 6.64. The van der Waals surface area contributed by atoms with E-state index in [2.05, 4.69) is 61.8 Å². The third-order valence-electron chi connectivity index (χ3n) is 3.45. The highest BCUT2D eigenvalue weighted by molar-refractivity contribution is 7.10. The van der Waals surface area contributed by atoms with Crippen molar-refractivity contribution >= 4 is 17.0 Å². The van der Waals surface area contributed by atoms with Crippen molar-refractivity contribution < 1.29 is 0 Å². The van der Waals surface area contributed by atoms with Gasteiger partial charge in [0.25, 0.3) is 0 Å². The average molecular weight is 273 g/mol. The molecular formula is C17H23NS. The van der Waals surface area contributed by atoms with Crippen LogP contribution in [0.1, 0.15) is 48.7 Å². The van der Waals surface area contributed by atoms with Gasteiger partial charge in [-0.05, 0) is 61.4 Å². The maximum Gasteiger partial charge on any atom is 0.0581 e. The van der Waals surface area contributed by atoms with E-state index in [9.17, 15) is 0 Å². The minimum absolute atomic E-state index is 0.376. The third kappa shape index (κ3) is 3.84. The van der Waals surface area contributed by atoms with E-state index < -0.39 is 0 Å². The number of unbranched alkanes of at least 4 members (excludes halogenated alkanes) is 1. The van der Waals surface area contributed by atoms with Gasteiger partial charge in [0, 0.05) is 10.6 Å². The maximum absolute atomic E-state index is 3.58. The van der Waals surface area contributed by atoms with Crippen molar-refractivity contribution in [2.75, 3.05) is 5.32 Å². The molecule has 0 bridgehead atoms. The quantitative estimate of drug-likeness (QED) is 0.725. The molecule has 1 nitrogen and oxygen atoms in total. The number of rotatable bonds is 6. The monoisotopic (exact) mass is 273 g/mol. The summed E-state index contributed by atoms with van der Waals surface area (Å²) in [6, 6.07) is 11.4. The first-order valence-electron chi connectivity index (χ1n) is 7.10. The lowest BCUT2D eigenvalue weighted by Gasteiger charge is -2.15. The predicted molar refractivity (Wildman–Crippen MR) is 86.1 cm³/mol. The molecule has 19 heavy (non-hydrogen) atoms. The normalized spacial score (nSPS) is 12.4. The van der Waals surface area contributed by atoms with Crippen molar-refractivity contribution in [3.63, 3.8) is 0 Å². The molecule has 0 aliphatic carbocycles. The highest BCUT2D eigenvalue weighted by Crippen LogP contribution is 2.26. The van der Waals surface area contributed by atoms with Crippen LogP contribution in [-0.2, 0) is 6.42 Å². The van der Waals surface area contributed by atoms with Gasteiger partial charge in [0.05, 0.1) is 6.04 Å². The molecule has 1 atom stereocenters. The second kappa shape index (κ2) is 6.76. The smallest absolute Gasteiger partial charge is 0.0581 e. The lowest BCUT2D eigenvalue weighted by atomic mass is 10.1. The molecule has 0 fully saturated rings. The van der Waals surface area contributed by atoms with Gasteiger partial charge in [0.1, 0.15) is 0 Å². The van der Waals surface area contributed by atoms with Gasteiger partial charge < -0.3 is 5.32 Å². The van der Waals surface area contributed by atoms with Gasteiger partial charge in [-0.3, -0.25) is 0 Å². The zero-order valence-corrected chi connectivity index (χ0v) is 12.9. The van der Waals surface area contributed by atoms with Crippen molar-refractivity contribution in [2.24, 2.45) is 0 Å². The number of hydrogen-bond acceptors (Lipinski definition) is 2. The summed E-state index contributed by atoms with van der Waals surface area (Å²) in [5.41, 5.74) is 4.03. The van der Waals surface area contributed by atoms with Crippen molar-refractivity contribution in [3.05, 3.63) is 51.7 Å². The summed E-state index contributed by atoms with van der Waals surface area (Å²) >= 11 is 1.83. The fourth-order valence-corrected chi connectivity index (χ4v) is 3.23. The summed E-state index contributed by atoms with van der Waals surface area (Å²) in [7, 11) is 0. The molecule has 1 aromatic carbocycles. The molecule has 0 saturated carbocycles. The van der Waals surface area contributed by atoms with Crippen LogP contribution >= 0.6 is 11.3 Å². The molecule has 1 N–H and O–H groups in total. The van der Waals surface area contributed by atoms with Crippen LogP contribution in [0.2, 0.25) is 0 Å². The molecule has 0 amide bonds. The van der Waals surface area contributed by atoms with Crippen molar-refractivity contribution in [3.8, 4) is 0 Å². The highest BCUT2D eigenvalue weighted by atomic mass is 32.1. The minimum atomic E-state index is 0.376. The van der Waals surface area contributed by atoms with Crippen LogP contribution in [0.15, 0.2) is 35.7 Å². The van der Waals surface area contributed by atoms with Gasteiger partial charge in [-0.2, -0.15) is 0 Å². The number of benzene rings is 1. The van der Waals surface area contributed by atoms with Crippen molar-refractivity contribution in [1.82, 2.24) is 0 Å². The van der Waals surface area contributed by atoms with Gasteiger partial charge in [-0.15, -0.1) is 11.3 Å². The standard InChI is InChI=1S/C17H23NS/c1-4-5-6-15-7-9-16(10-8-15)18-14(3)17-13(2)11-12-19-17/h7-12,14,18H,4-6H2,1-3H3. The fourth-order valence-electron chi connectivity index (χ4n) is 2.29. The topological polar surface area (TPSA) is 12.0 Å². The summed E-state index contributed by atoms with van der Waals surface area (Å²) < 4.78 is 0. The third-order valence-corrected chi connectivity index (χ3v) is 4.65. The second-order valence-electron chi connectivity index (χ2n) is 5.13. The summed E-state index contributed by atoms with van der Waals surface area (Å²) in [5.74, 6) is 0. The largest absolute Gasteiger partial charge is 0.378 e. The summed E-state index contributed by atoms with van der Waals surface area (Å²) in [4.78, 5) is 1.43. The highest BCUT2D eigenvalue weighted by Gasteiger charge is 2.09. The first-order chi connectivity index (χ1) is 9.20. The predicted octanol–water partition coefficient (Wildman–Crippen LogP) is 5.57. The Morgan fingerprint density at radius 2 is 1.89 bits per heavy atom. The van der Waals surface area contributed by atoms with Crippen LogP contribution in [0.5, 0.6) is 0 Å². The van der Waals surface area contributed by atoms with E-state index in [1.807, 2.05) is 11.3 Å². The second-order valence-corrected chi connectivity index (χ2v) is 6.08. The Bertz CT molecular complexity index is 498. The molecule has 102 valence electrons. The van der Waals surface area contributed by atoms with Crippen LogP contribution in [0.4, 0.5) is 5.69 Å². The Hall–Kier alpha value is -1.28. The lowest BCUT2D eigenvalue weighted by Crippen LogP contribution is -2.05. The van der Waals surface area contributed by atoms with Crippen LogP contribution < -0.4 is 5.32 Å². The molecule has 2 heteroatoms. The lowest BCUT2D eigenvalue weighted by molar-refractivity contribution is 0.795. The average Bonchev–Trinajstić information content (AvgIpc) is 2.84. The van der Waals surface area contributed by atoms with Gasteiger partial charge >= 0.3 is 0 Å². The van der Waals surface area contributed by atoms with E-state index in [1.54, 1.807) is 0 Å². The van der Waals surface area contributed by atoms with Crippen LogP contribution in [-0.4, -0.2) is 0 Å². The molecule has 0 saturated heterocycles. The Balaban J connectivity index is 1.97. The van der Waals surface area contributed by atoms with Gasteiger partial charge in [0.2, 0.25) is 0 Å². The van der Waals surface area contributed by atoms with Gasteiger partial charge in [-0.1, -0.05) is 25.5 Å². The van der Waals surface area contributed by atoms with E-state index in [4.69, 9.17) is 0 Å². The number of anilines is 1. The number of hydrogen-bond donors (Lipinski definition) is 1. The first kappa shape index (κ1) is 14.1. The van der Waals surface area contributed by atoms with Gasteiger partial charge in [0.15, 0.2) is 0 Å². The molecule has 0 aliphatic rings. The Morgan fingerprint density at radius 3 is 2.47 bits per heavy atom. The van der Waals surface area contributed by atoms with Gasteiger partial charge in [-0.25, -0.2) is 0 Å². The number of nitrogens with one attached hydrogen (secondary N) is 1. The molecule has 0 radical (unpaired) electrons. The Labute approximate surface area is 120 Å². The SMILES string of the molecule is CCCCc1ccc(NC(C)c2sccc2C)cc1. The van der Waals surface area contributed by atoms with Crippen LogP contribution in [0.3, 0.4) is 0 Å². The van der Waals surface area contributed by atoms with E-state index >= 15 is 0 Å². The molecule has 2 rings (SSSR count). The van der Waals surface area contributed by atoms with Crippen LogP contribution in [0, 0.1) is 6.92 Å². The number of thiophene rings is 1. The molecular weight excluding hydrogens is 250 g/mol. The van der Waals surface area contributed by atoms with E-state index in [0.29, 0.717) is 6.04 Å². The summed E-state index contributed by atoms with van der Waals surface area (Å²) in [5, 5.41) is 5.74.